The average molecular weight is 395 g/mol. The fourth-order valence-electron chi connectivity index (χ4n) is 3.65. The Kier molecular flexibility index (Phi) is 4.97. The molecule has 1 aromatic carbocycles. The second-order valence-corrected chi connectivity index (χ2v) is 7.04. The summed E-state index contributed by atoms with van der Waals surface area (Å²) < 4.78 is 5.11. The highest BCUT2D eigenvalue weighted by atomic mass is 35.5. The van der Waals surface area contributed by atoms with Gasteiger partial charge in [0, 0.05) is 30.4 Å². The van der Waals surface area contributed by atoms with Crippen molar-refractivity contribution in [2.45, 2.75) is 19.8 Å². The van der Waals surface area contributed by atoms with Gasteiger partial charge in [-0.2, -0.15) is 0 Å². The molecule has 1 aromatic heterocycles. The minimum absolute atomic E-state index is 0.0125. The number of carbonyl (C=O) groups is 1. The van der Waals surface area contributed by atoms with Crippen LogP contribution in [-0.4, -0.2) is 40.8 Å². The lowest BCUT2D eigenvalue weighted by Gasteiger charge is -2.29. The summed E-state index contributed by atoms with van der Waals surface area (Å²) in [6.07, 6.45) is 2.87. The minimum atomic E-state index is -0.279. The lowest BCUT2D eigenvalue weighted by molar-refractivity contribution is 0.104. The smallest absolute Gasteiger partial charge is 0.409 e. The van der Waals surface area contributed by atoms with Crippen molar-refractivity contribution in [2.75, 3.05) is 19.7 Å². The van der Waals surface area contributed by atoms with Gasteiger partial charge in [-0.05, 0) is 38.0 Å². The number of hydrogen-bond acceptors (Lipinski definition) is 4. The molecule has 1 fully saturated rings. The third-order valence-corrected chi connectivity index (χ3v) is 5.32. The van der Waals surface area contributed by atoms with Crippen LogP contribution >= 0.6 is 11.6 Å². The molecule has 0 bridgehead atoms. The molecular formula is C22H19ClN2O3. The van der Waals surface area contributed by atoms with E-state index in [4.69, 9.17) is 16.3 Å². The van der Waals surface area contributed by atoms with E-state index in [9.17, 15) is 9.90 Å². The Morgan fingerprint density at radius 3 is 2.82 bits per heavy atom. The zero-order valence-electron chi connectivity index (χ0n) is 15.5. The number of pyridine rings is 1. The normalized spacial score (nSPS) is 15.1. The van der Waals surface area contributed by atoms with Gasteiger partial charge in [0.1, 0.15) is 5.75 Å². The molecule has 0 unspecified atom stereocenters. The maximum Gasteiger partial charge on any atom is 0.409 e. The van der Waals surface area contributed by atoms with Crippen LogP contribution in [0, 0.1) is 11.8 Å². The van der Waals surface area contributed by atoms with Crippen LogP contribution in [0.15, 0.2) is 36.0 Å². The van der Waals surface area contributed by atoms with Crippen molar-refractivity contribution >= 4 is 23.3 Å². The fraction of sp³-hybridized carbons (Fsp3) is 0.273. The largest absolute Gasteiger partial charge is 0.505 e. The van der Waals surface area contributed by atoms with Crippen molar-refractivity contribution in [1.82, 2.24) is 9.88 Å². The molecule has 142 valence electrons. The third-order valence-electron chi connectivity index (χ3n) is 5.01. The summed E-state index contributed by atoms with van der Waals surface area (Å²) in [6, 6.07) is 7.34. The van der Waals surface area contributed by atoms with Crippen LogP contribution in [0.1, 0.15) is 42.1 Å². The number of fused-ring (bicyclic) bond motifs is 2. The summed E-state index contributed by atoms with van der Waals surface area (Å²) in [7, 11) is 0. The summed E-state index contributed by atoms with van der Waals surface area (Å²) in [6.45, 7) is 3.33. The molecule has 1 N–H and O–H groups in total. The number of nitrogens with zero attached hydrogens (tertiary/aromatic N) is 2. The standard InChI is InChI=1S/C22H19ClN2O3/c1-2-28-22(27)25-12-9-14(10-13-25)19-16-7-8-18(23)21(26)17(16)6-5-15-4-3-11-24-20(15)19/h3-4,7-8,11,26H,2,9-10,12-13H2,1H3. The van der Waals surface area contributed by atoms with E-state index in [2.05, 4.69) is 16.8 Å². The van der Waals surface area contributed by atoms with Gasteiger partial charge in [0.2, 0.25) is 0 Å². The first-order valence-electron chi connectivity index (χ1n) is 9.23. The zero-order valence-corrected chi connectivity index (χ0v) is 16.2. The minimum Gasteiger partial charge on any atom is -0.505 e. The van der Waals surface area contributed by atoms with Crippen molar-refractivity contribution in [1.29, 1.82) is 0 Å². The van der Waals surface area contributed by atoms with Gasteiger partial charge in [-0.15, -0.1) is 0 Å². The number of hydrogen-bond donors (Lipinski definition) is 1. The summed E-state index contributed by atoms with van der Waals surface area (Å²) in [5.41, 5.74) is 5.08. The number of ether oxygens (including phenoxy) is 1. The molecule has 2 aliphatic rings. The Morgan fingerprint density at radius 2 is 2.07 bits per heavy atom. The number of carbonyl (C=O) groups excluding carboxylic acids is 1. The van der Waals surface area contributed by atoms with Crippen molar-refractivity contribution in [3.63, 3.8) is 0 Å². The number of likely N-dealkylation sites (tertiary alicyclic amines) is 1. The molecule has 2 aromatic rings. The van der Waals surface area contributed by atoms with Crippen molar-refractivity contribution in [3.05, 3.63) is 63.4 Å². The Bertz CT molecular complexity index is 1040. The van der Waals surface area contributed by atoms with Gasteiger partial charge < -0.3 is 14.7 Å². The number of piperidine rings is 1. The number of halogens is 1. The van der Waals surface area contributed by atoms with E-state index < -0.39 is 0 Å². The van der Waals surface area contributed by atoms with Crippen LogP contribution in [-0.2, 0) is 4.74 Å². The topological polar surface area (TPSA) is 62.7 Å². The first-order valence-corrected chi connectivity index (χ1v) is 9.61. The van der Waals surface area contributed by atoms with E-state index in [1.54, 1.807) is 24.1 Å². The van der Waals surface area contributed by atoms with E-state index >= 15 is 0 Å². The lowest BCUT2D eigenvalue weighted by atomic mass is 9.88. The number of phenolic OH excluding ortho intramolecular Hbond substituents is 1. The van der Waals surface area contributed by atoms with E-state index in [1.165, 1.54) is 5.57 Å². The number of phenols is 1. The molecule has 0 spiro atoms. The Balaban J connectivity index is 1.82. The monoisotopic (exact) mass is 394 g/mol. The predicted molar refractivity (Wildman–Crippen MR) is 107 cm³/mol. The molecule has 2 heterocycles. The highest BCUT2D eigenvalue weighted by Gasteiger charge is 2.27. The molecule has 1 aliphatic carbocycles. The summed E-state index contributed by atoms with van der Waals surface area (Å²) in [4.78, 5) is 18.3. The van der Waals surface area contributed by atoms with Crippen LogP contribution in [0.5, 0.6) is 5.75 Å². The summed E-state index contributed by atoms with van der Waals surface area (Å²) in [5.74, 6) is 6.16. The number of benzene rings is 1. The average Bonchev–Trinajstić information content (AvgIpc) is 2.88. The maximum atomic E-state index is 12.0. The van der Waals surface area contributed by atoms with Gasteiger partial charge in [-0.25, -0.2) is 4.79 Å². The molecule has 1 saturated heterocycles. The zero-order chi connectivity index (χ0) is 19.7. The number of amides is 1. The second kappa shape index (κ2) is 7.57. The van der Waals surface area contributed by atoms with Gasteiger partial charge >= 0.3 is 6.09 Å². The molecular weight excluding hydrogens is 376 g/mol. The number of aromatic nitrogens is 1. The third kappa shape index (κ3) is 3.21. The Hall–Kier alpha value is -2.97. The quantitative estimate of drug-likeness (QED) is 0.628. The van der Waals surface area contributed by atoms with E-state index in [0.717, 1.165) is 22.4 Å². The number of rotatable bonds is 1. The van der Waals surface area contributed by atoms with Gasteiger partial charge in [-0.3, -0.25) is 4.98 Å². The second-order valence-electron chi connectivity index (χ2n) is 6.63. The molecule has 1 amide bonds. The Labute approximate surface area is 168 Å². The fourth-order valence-corrected chi connectivity index (χ4v) is 3.80. The van der Waals surface area contributed by atoms with Gasteiger partial charge in [0.25, 0.3) is 0 Å². The van der Waals surface area contributed by atoms with Crippen LogP contribution < -0.4 is 0 Å². The number of aromatic hydroxyl groups is 1. The highest BCUT2D eigenvalue weighted by Crippen LogP contribution is 2.40. The lowest BCUT2D eigenvalue weighted by Crippen LogP contribution is -2.37. The van der Waals surface area contributed by atoms with E-state index in [1.807, 2.05) is 18.2 Å². The predicted octanol–water partition coefficient (Wildman–Crippen LogP) is 4.21. The summed E-state index contributed by atoms with van der Waals surface area (Å²) >= 11 is 6.12. The van der Waals surface area contributed by atoms with Gasteiger partial charge in [0.05, 0.1) is 28.5 Å². The Morgan fingerprint density at radius 1 is 1.29 bits per heavy atom. The molecule has 0 radical (unpaired) electrons. The first kappa shape index (κ1) is 18.4. The molecule has 1 aliphatic heterocycles. The molecule has 6 heteroatoms. The first-order chi connectivity index (χ1) is 13.6. The van der Waals surface area contributed by atoms with E-state index in [-0.39, 0.29) is 16.9 Å². The van der Waals surface area contributed by atoms with Crippen LogP contribution in [0.25, 0.3) is 5.57 Å². The van der Waals surface area contributed by atoms with Crippen molar-refractivity contribution in [3.8, 4) is 17.6 Å². The van der Waals surface area contributed by atoms with Crippen molar-refractivity contribution in [2.24, 2.45) is 0 Å². The molecule has 0 atom stereocenters. The molecule has 0 saturated carbocycles. The summed E-state index contributed by atoms with van der Waals surface area (Å²) in [5, 5.41) is 10.8. The molecule has 5 nitrogen and oxygen atoms in total. The van der Waals surface area contributed by atoms with E-state index in [0.29, 0.717) is 38.1 Å². The highest BCUT2D eigenvalue weighted by molar-refractivity contribution is 6.32. The van der Waals surface area contributed by atoms with Crippen molar-refractivity contribution < 1.29 is 14.6 Å². The van der Waals surface area contributed by atoms with Crippen LogP contribution in [0.4, 0.5) is 4.79 Å². The van der Waals surface area contributed by atoms with Gasteiger partial charge in [0.15, 0.2) is 0 Å². The maximum absolute atomic E-state index is 12.0. The SMILES string of the molecule is CCOC(=O)N1CCC(=C2c3ccc(Cl)c(O)c3C#Cc3cccnc32)CC1. The van der Waals surface area contributed by atoms with Crippen LogP contribution in [0.3, 0.4) is 0 Å². The van der Waals surface area contributed by atoms with Gasteiger partial charge in [-0.1, -0.05) is 35.1 Å². The molecule has 28 heavy (non-hydrogen) atoms. The molecule has 4 rings (SSSR count). The van der Waals surface area contributed by atoms with Crippen LogP contribution in [0.2, 0.25) is 5.02 Å².